The molecule has 0 amide bonds. The average molecular weight is 286 g/mol. The summed E-state index contributed by atoms with van der Waals surface area (Å²) in [6.07, 6.45) is 2.39. The van der Waals surface area contributed by atoms with Gasteiger partial charge in [-0.1, -0.05) is 35.8 Å². The van der Waals surface area contributed by atoms with E-state index in [1.807, 2.05) is 31.2 Å². The van der Waals surface area contributed by atoms with E-state index >= 15 is 0 Å². The molecular formula is C16H18N2O3. The monoisotopic (exact) mass is 286 g/mol. The van der Waals surface area contributed by atoms with Crippen LogP contribution in [0.3, 0.4) is 0 Å². The molecule has 0 unspecified atom stereocenters. The highest BCUT2D eigenvalue weighted by Gasteiger charge is 2.52. The maximum atomic E-state index is 12.2. The van der Waals surface area contributed by atoms with Crippen molar-refractivity contribution in [3.8, 4) is 11.4 Å². The maximum absolute atomic E-state index is 12.2. The van der Waals surface area contributed by atoms with Crippen LogP contribution in [0.2, 0.25) is 0 Å². The highest BCUT2D eigenvalue weighted by molar-refractivity contribution is 5.83. The zero-order valence-electron chi connectivity index (χ0n) is 12.3. The van der Waals surface area contributed by atoms with Gasteiger partial charge in [-0.3, -0.25) is 4.79 Å². The normalized spacial score (nSPS) is 16.3. The second-order valence-corrected chi connectivity index (χ2v) is 5.39. The number of carbonyl (C=O) groups is 1. The molecule has 1 saturated carbocycles. The van der Waals surface area contributed by atoms with E-state index in [1.54, 1.807) is 6.92 Å². The van der Waals surface area contributed by atoms with Gasteiger partial charge in [-0.2, -0.15) is 4.98 Å². The molecule has 0 N–H and O–H groups in total. The number of aromatic nitrogens is 2. The number of hydrogen-bond acceptors (Lipinski definition) is 5. The fraction of sp³-hybridized carbons (Fsp3) is 0.438. The molecule has 0 aliphatic heterocycles. The van der Waals surface area contributed by atoms with E-state index in [-0.39, 0.29) is 5.97 Å². The lowest BCUT2D eigenvalue weighted by Crippen LogP contribution is -2.44. The molecule has 1 fully saturated rings. The lowest BCUT2D eigenvalue weighted by Gasteiger charge is -2.35. The Labute approximate surface area is 123 Å². The van der Waals surface area contributed by atoms with Crippen molar-refractivity contribution >= 4 is 5.97 Å². The van der Waals surface area contributed by atoms with E-state index in [2.05, 4.69) is 10.1 Å². The van der Waals surface area contributed by atoms with E-state index < -0.39 is 5.41 Å². The first-order valence-electron chi connectivity index (χ1n) is 7.25. The number of carbonyl (C=O) groups excluding carboxylic acids is 1. The van der Waals surface area contributed by atoms with Crippen molar-refractivity contribution < 1.29 is 14.1 Å². The zero-order valence-corrected chi connectivity index (χ0v) is 12.3. The molecule has 0 atom stereocenters. The van der Waals surface area contributed by atoms with Gasteiger partial charge in [0.1, 0.15) is 5.41 Å². The number of benzene rings is 1. The molecule has 1 heterocycles. The minimum atomic E-state index is -0.732. The lowest BCUT2D eigenvalue weighted by atomic mass is 9.68. The van der Waals surface area contributed by atoms with Crippen molar-refractivity contribution in [2.24, 2.45) is 0 Å². The second kappa shape index (κ2) is 5.31. The van der Waals surface area contributed by atoms with Gasteiger partial charge >= 0.3 is 5.97 Å². The average Bonchev–Trinajstić information content (AvgIpc) is 2.88. The number of aryl methyl sites for hydroxylation is 1. The number of hydrogen-bond donors (Lipinski definition) is 0. The van der Waals surface area contributed by atoms with Gasteiger partial charge in [0.15, 0.2) is 0 Å². The van der Waals surface area contributed by atoms with Crippen molar-refractivity contribution in [3.05, 3.63) is 35.7 Å². The molecule has 1 aliphatic rings. The first-order chi connectivity index (χ1) is 10.2. The molecule has 5 nitrogen and oxygen atoms in total. The van der Waals surface area contributed by atoms with Gasteiger partial charge in [0.05, 0.1) is 6.61 Å². The quantitative estimate of drug-likeness (QED) is 0.808. The van der Waals surface area contributed by atoms with Crippen molar-refractivity contribution in [2.75, 3.05) is 6.61 Å². The van der Waals surface area contributed by atoms with Crippen molar-refractivity contribution in [1.82, 2.24) is 10.1 Å². The van der Waals surface area contributed by atoms with Crippen molar-refractivity contribution in [1.29, 1.82) is 0 Å². The van der Waals surface area contributed by atoms with Crippen LogP contribution in [0.1, 0.15) is 37.6 Å². The maximum Gasteiger partial charge on any atom is 0.321 e. The summed E-state index contributed by atoms with van der Waals surface area (Å²) >= 11 is 0. The van der Waals surface area contributed by atoms with Crippen LogP contribution in [0.4, 0.5) is 0 Å². The predicted molar refractivity (Wildman–Crippen MR) is 76.6 cm³/mol. The Morgan fingerprint density at radius 3 is 2.76 bits per heavy atom. The van der Waals surface area contributed by atoms with Crippen LogP contribution in [0.15, 0.2) is 28.8 Å². The first kappa shape index (κ1) is 13.8. The smallest absolute Gasteiger partial charge is 0.321 e. The molecule has 21 heavy (non-hydrogen) atoms. The van der Waals surface area contributed by atoms with Gasteiger partial charge < -0.3 is 9.26 Å². The molecule has 3 rings (SSSR count). The van der Waals surface area contributed by atoms with Gasteiger partial charge in [0, 0.05) is 5.56 Å². The summed E-state index contributed by atoms with van der Waals surface area (Å²) in [6, 6.07) is 7.84. The third-order valence-corrected chi connectivity index (χ3v) is 4.09. The fourth-order valence-corrected chi connectivity index (χ4v) is 2.66. The Morgan fingerprint density at radius 1 is 1.38 bits per heavy atom. The molecule has 0 radical (unpaired) electrons. The molecule has 1 aromatic heterocycles. The summed E-state index contributed by atoms with van der Waals surface area (Å²) in [5, 5.41) is 4.04. The van der Waals surface area contributed by atoms with Crippen LogP contribution in [0.5, 0.6) is 0 Å². The van der Waals surface area contributed by atoms with E-state index in [4.69, 9.17) is 9.26 Å². The van der Waals surface area contributed by atoms with Crippen LogP contribution < -0.4 is 0 Å². The highest BCUT2D eigenvalue weighted by Crippen LogP contribution is 2.44. The summed E-state index contributed by atoms with van der Waals surface area (Å²) in [5.74, 6) is 0.653. The molecule has 1 aliphatic carbocycles. The third kappa shape index (κ3) is 2.22. The molecule has 1 aromatic carbocycles. The molecular weight excluding hydrogens is 268 g/mol. The van der Waals surface area contributed by atoms with Crippen molar-refractivity contribution in [2.45, 2.75) is 38.5 Å². The van der Waals surface area contributed by atoms with E-state index in [0.717, 1.165) is 17.5 Å². The Morgan fingerprint density at radius 2 is 2.14 bits per heavy atom. The number of esters is 1. The Bertz CT molecular complexity index is 659. The Hall–Kier alpha value is -2.17. The molecule has 0 saturated heterocycles. The fourth-order valence-electron chi connectivity index (χ4n) is 2.66. The largest absolute Gasteiger partial charge is 0.465 e. The number of nitrogens with zero attached hydrogens (tertiary/aromatic N) is 2. The van der Waals surface area contributed by atoms with Crippen LogP contribution in [-0.2, 0) is 14.9 Å². The summed E-state index contributed by atoms with van der Waals surface area (Å²) in [6.45, 7) is 4.16. The van der Waals surface area contributed by atoms with Gasteiger partial charge in [0.2, 0.25) is 11.7 Å². The Kier molecular flexibility index (Phi) is 3.49. The molecule has 0 bridgehead atoms. The van der Waals surface area contributed by atoms with Gasteiger partial charge in [-0.15, -0.1) is 0 Å². The number of rotatable bonds is 4. The predicted octanol–water partition coefficient (Wildman–Crippen LogP) is 3.03. The highest BCUT2D eigenvalue weighted by atomic mass is 16.5. The third-order valence-electron chi connectivity index (χ3n) is 4.09. The topological polar surface area (TPSA) is 65.2 Å². The van der Waals surface area contributed by atoms with E-state index in [1.165, 1.54) is 0 Å². The standard InChI is InChI=1S/C16H18N2O3/c1-3-20-15(19)16(9-6-10-16)14-17-13(18-21-14)12-8-5-4-7-11(12)2/h4-5,7-8H,3,6,9-10H2,1-2H3. The van der Waals surface area contributed by atoms with Gasteiger partial charge in [-0.05, 0) is 32.3 Å². The SMILES string of the molecule is CCOC(=O)C1(c2nc(-c3ccccc3C)no2)CCC1. The minimum absolute atomic E-state index is 0.253. The first-order valence-corrected chi connectivity index (χ1v) is 7.25. The lowest BCUT2D eigenvalue weighted by molar-refractivity contribution is -0.155. The van der Waals surface area contributed by atoms with Crippen molar-refractivity contribution in [3.63, 3.8) is 0 Å². The second-order valence-electron chi connectivity index (χ2n) is 5.39. The zero-order chi connectivity index (χ0) is 14.9. The molecule has 0 spiro atoms. The van der Waals surface area contributed by atoms with Crippen LogP contribution in [0, 0.1) is 6.92 Å². The molecule has 110 valence electrons. The van der Waals surface area contributed by atoms with E-state index in [9.17, 15) is 4.79 Å². The summed E-state index contributed by atoms with van der Waals surface area (Å²) in [7, 11) is 0. The summed E-state index contributed by atoms with van der Waals surface area (Å²) < 4.78 is 10.6. The Balaban J connectivity index is 1.94. The van der Waals surface area contributed by atoms with Crippen LogP contribution >= 0.6 is 0 Å². The summed E-state index contributed by atoms with van der Waals surface area (Å²) in [4.78, 5) is 16.7. The van der Waals surface area contributed by atoms with Gasteiger partial charge in [-0.25, -0.2) is 0 Å². The molecule has 2 aromatic rings. The molecule has 5 heteroatoms. The van der Waals surface area contributed by atoms with Gasteiger partial charge in [0.25, 0.3) is 0 Å². The van der Waals surface area contributed by atoms with Crippen LogP contribution in [-0.4, -0.2) is 22.7 Å². The number of ether oxygens (including phenoxy) is 1. The summed E-state index contributed by atoms with van der Waals surface area (Å²) in [5.41, 5.74) is 1.26. The minimum Gasteiger partial charge on any atom is -0.465 e. The van der Waals surface area contributed by atoms with E-state index in [0.29, 0.717) is 31.2 Å². The van der Waals surface area contributed by atoms with Crippen LogP contribution in [0.25, 0.3) is 11.4 Å².